The van der Waals surface area contributed by atoms with Crippen LogP contribution >= 0.6 is 0 Å². The molecular weight excluding hydrogens is 554 g/mol. The van der Waals surface area contributed by atoms with Crippen LogP contribution in [0, 0.1) is 11.3 Å². The van der Waals surface area contributed by atoms with E-state index in [1.165, 1.54) is 13.8 Å². The number of carbonyl (C=O) groups excluding carboxylic acids is 1. The highest BCUT2D eigenvalue weighted by atomic mass is 19.4. The van der Waals surface area contributed by atoms with Gasteiger partial charge in [0.25, 0.3) is 5.89 Å². The number of rotatable bonds is 7. The first-order valence-electron chi connectivity index (χ1n) is 14.7. The molecule has 0 spiro atoms. The van der Waals surface area contributed by atoms with E-state index < -0.39 is 36.2 Å². The SMILES string of the molecule is CC(C)(F)c1nc(C23CCC(CN(C(=O)C4CC(O)(C(F)(F)F)C4)c4cccc(C5=CCOCC5)c4)(CC2)CC3)no1. The van der Waals surface area contributed by atoms with Crippen molar-refractivity contribution in [1.82, 2.24) is 10.1 Å². The highest BCUT2D eigenvalue weighted by Crippen LogP contribution is 2.58. The summed E-state index contributed by atoms with van der Waals surface area (Å²) in [5.41, 5.74) is -2.36. The molecule has 1 amide bonds. The van der Waals surface area contributed by atoms with Crippen molar-refractivity contribution >= 4 is 17.2 Å². The van der Waals surface area contributed by atoms with Gasteiger partial charge in [0.1, 0.15) is 0 Å². The van der Waals surface area contributed by atoms with E-state index in [1.807, 2.05) is 30.3 Å². The summed E-state index contributed by atoms with van der Waals surface area (Å²) in [6.45, 7) is 4.25. The number of nitrogens with zero attached hydrogens (tertiary/aromatic N) is 3. The van der Waals surface area contributed by atoms with E-state index in [0.717, 1.165) is 56.1 Å². The van der Waals surface area contributed by atoms with Crippen LogP contribution in [-0.4, -0.2) is 52.7 Å². The average molecular weight is 592 g/mol. The number of aromatic nitrogens is 2. The molecule has 1 N–H and O–H groups in total. The van der Waals surface area contributed by atoms with Crippen LogP contribution in [0.1, 0.15) is 88.9 Å². The van der Waals surface area contributed by atoms with Crippen molar-refractivity contribution in [2.45, 2.75) is 94.5 Å². The summed E-state index contributed by atoms with van der Waals surface area (Å²) < 4.78 is 65.3. The summed E-state index contributed by atoms with van der Waals surface area (Å²) in [4.78, 5) is 20.0. The number of hydrogen-bond donors (Lipinski definition) is 1. The van der Waals surface area contributed by atoms with Crippen molar-refractivity contribution < 1.29 is 36.7 Å². The summed E-state index contributed by atoms with van der Waals surface area (Å²) in [6.07, 6.45) is 1.31. The monoisotopic (exact) mass is 591 g/mol. The molecule has 11 heteroatoms. The molecule has 228 valence electrons. The molecule has 4 aliphatic carbocycles. The largest absolute Gasteiger partial charge is 0.417 e. The topological polar surface area (TPSA) is 88.7 Å². The third-order valence-corrected chi connectivity index (χ3v) is 10.1. The van der Waals surface area contributed by atoms with Gasteiger partial charge in [-0.25, -0.2) is 4.39 Å². The van der Waals surface area contributed by atoms with Gasteiger partial charge in [0.15, 0.2) is 17.1 Å². The van der Waals surface area contributed by atoms with Gasteiger partial charge < -0.3 is 19.3 Å². The first kappa shape index (κ1) is 29.3. The van der Waals surface area contributed by atoms with E-state index in [9.17, 15) is 27.5 Å². The van der Waals surface area contributed by atoms with Gasteiger partial charge in [0.05, 0.1) is 13.2 Å². The van der Waals surface area contributed by atoms with Gasteiger partial charge in [-0.15, -0.1) is 0 Å². The maximum Gasteiger partial charge on any atom is 0.417 e. The molecule has 5 aliphatic rings. The lowest BCUT2D eigenvalue weighted by molar-refractivity contribution is -0.295. The summed E-state index contributed by atoms with van der Waals surface area (Å²) in [5, 5.41) is 14.2. The van der Waals surface area contributed by atoms with E-state index in [1.54, 1.807) is 4.90 Å². The summed E-state index contributed by atoms with van der Waals surface area (Å²) in [6, 6.07) is 7.62. The first-order valence-corrected chi connectivity index (χ1v) is 14.7. The minimum Gasteiger partial charge on any atom is -0.380 e. The smallest absolute Gasteiger partial charge is 0.380 e. The van der Waals surface area contributed by atoms with Gasteiger partial charge in [0.2, 0.25) is 5.91 Å². The lowest BCUT2D eigenvalue weighted by atomic mass is 9.53. The van der Waals surface area contributed by atoms with Gasteiger partial charge in [-0.3, -0.25) is 4.79 Å². The number of alkyl halides is 4. The fourth-order valence-electron chi connectivity index (χ4n) is 7.19. The number of aliphatic hydroxyl groups is 1. The Hall–Kier alpha value is -2.79. The molecule has 1 aliphatic heterocycles. The molecule has 0 saturated heterocycles. The fourth-order valence-corrected chi connectivity index (χ4v) is 7.19. The summed E-state index contributed by atoms with van der Waals surface area (Å²) in [7, 11) is 0. The minimum absolute atomic E-state index is 0.0371. The van der Waals surface area contributed by atoms with Crippen LogP contribution in [0.5, 0.6) is 0 Å². The van der Waals surface area contributed by atoms with Gasteiger partial charge >= 0.3 is 6.18 Å². The molecule has 7 rings (SSSR count). The van der Waals surface area contributed by atoms with Crippen molar-refractivity contribution in [3.05, 3.63) is 47.6 Å². The van der Waals surface area contributed by atoms with Crippen LogP contribution in [0.2, 0.25) is 0 Å². The van der Waals surface area contributed by atoms with Crippen LogP contribution in [0.25, 0.3) is 5.57 Å². The quantitative estimate of drug-likeness (QED) is 0.375. The fraction of sp³-hybridized carbons (Fsp3) is 0.645. The van der Waals surface area contributed by atoms with E-state index in [2.05, 4.69) is 10.1 Å². The minimum atomic E-state index is -4.77. The number of amides is 1. The second-order valence-corrected chi connectivity index (χ2v) is 13.3. The van der Waals surface area contributed by atoms with Crippen molar-refractivity contribution in [1.29, 1.82) is 0 Å². The molecule has 1 aromatic carbocycles. The Morgan fingerprint density at radius 3 is 2.36 bits per heavy atom. The molecule has 2 aromatic rings. The van der Waals surface area contributed by atoms with E-state index in [-0.39, 0.29) is 22.6 Å². The van der Waals surface area contributed by atoms with Gasteiger partial charge in [-0.1, -0.05) is 23.4 Å². The van der Waals surface area contributed by atoms with Crippen molar-refractivity contribution in [3.8, 4) is 0 Å². The Kier molecular flexibility index (Phi) is 7.08. The predicted octanol–water partition coefficient (Wildman–Crippen LogP) is 6.41. The predicted molar refractivity (Wildman–Crippen MR) is 146 cm³/mol. The maximum absolute atomic E-state index is 14.4. The Morgan fingerprint density at radius 2 is 1.79 bits per heavy atom. The number of carbonyl (C=O) groups is 1. The highest BCUT2D eigenvalue weighted by Gasteiger charge is 2.63. The molecule has 4 fully saturated rings. The Morgan fingerprint density at radius 1 is 1.10 bits per heavy atom. The van der Waals surface area contributed by atoms with Crippen LogP contribution < -0.4 is 4.90 Å². The summed E-state index contributed by atoms with van der Waals surface area (Å²) >= 11 is 0. The number of fused-ring (bicyclic) bond motifs is 3. The molecule has 0 radical (unpaired) electrons. The molecule has 0 atom stereocenters. The van der Waals surface area contributed by atoms with Gasteiger partial charge in [-0.2, -0.15) is 18.2 Å². The molecular formula is C31H37F4N3O4. The van der Waals surface area contributed by atoms with Crippen molar-refractivity contribution in [3.63, 3.8) is 0 Å². The van der Waals surface area contributed by atoms with Crippen molar-refractivity contribution in [2.24, 2.45) is 11.3 Å². The molecule has 2 bridgehead atoms. The van der Waals surface area contributed by atoms with Crippen molar-refractivity contribution in [2.75, 3.05) is 24.7 Å². The zero-order chi connectivity index (χ0) is 30.0. The maximum atomic E-state index is 14.4. The second-order valence-electron chi connectivity index (χ2n) is 13.3. The Bertz CT molecular complexity index is 1350. The summed E-state index contributed by atoms with van der Waals surface area (Å²) in [5.74, 6) is -0.799. The van der Waals surface area contributed by atoms with Crippen LogP contribution in [0.15, 0.2) is 34.9 Å². The zero-order valence-electron chi connectivity index (χ0n) is 24.0. The lowest BCUT2D eigenvalue weighted by Crippen LogP contribution is -2.60. The third-order valence-electron chi connectivity index (χ3n) is 10.1. The number of halogens is 4. The third kappa shape index (κ3) is 5.16. The standard InChI is InChI=1S/C31H37F4N3O4/c1-27(2,32)26-36-25(37-42-26)29-11-8-28(9-12-29,10-13-29)19-38(24(39)22-17-30(40,18-22)31(33,34)35)23-5-3-4-21(16-23)20-6-14-41-15-7-20/h3-6,16,22,40H,7-15,17-19H2,1-2H3. The highest BCUT2D eigenvalue weighted by molar-refractivity contribution is 5.96. The molecule has 42 heavy (non-hydrogen) atoms. The van der Waals surface area contributed by atoms with Crippen LogP contribution in [0.3, 0.4) is 0 Å². The van der Waals surface area contributed by atoms with Crippen LogP contribution in [-0.2, 0) is 20.6 Å². The molecule has 0 unspecified atom stereocenters. The van der Waals surface area contributed by atoms with E-state index >= 15 is 0 Å². The van der Waals surface area contributed by atoms with Gasteiger partial charge in [-0.05, 0) is 100 Å². The zero-order valence-corrected chi connectivity index (χ0v) is 24.0. The lowest BCUT2D eigenvalue weighted by Gasteiger charge is -2.54. The molecule has 2 heterocycles. The number of hydrogen-bond acceptors (Lipinski definition) is 6. The average Bonchev–Trinajstić information content (AvgIpc) is 3.47. The number of benzene rings is 1. The first-order chi connectivity index (χ1) is 19.7. The van der Waals surface area contributed by atoms with Gasteiger partial charge in [0, 0.05) is 23.6 Å². The Balaban J connectivity index is 1.25. The Labute approximate surface area is 242 Å². The van der Waals surface area contributed by atoms with E-state index in [0.29, 0.717) is 31.3 Å². The molecule has 4 saturated carbocycles. The molecule has 1 aromatic heterocycles. The number of ether oxygens (including phenoxy) is 1. The van der Waals surface area contributed by atoms with Crippen LogP contribution in [0.4, 0.5) is 23.2 Å². The number of anilines is 1. The normalized spacial score (nSPS) is 31.4. The second kappa shape index (κ2) is 10.1. The molecule has 7 nitrogen and oxygen atoms in total. The van der Waals surface area contributed by atoms with E-state index in [4.69, 9.17) is 9.26 Å².